The molecule has 0 saturated heterocycles. The summed E-state index contributed by atoms with van der Waals surface area (Å²) in [5.74, 6) is 0. The van der Waals surface area contributed by atoms with Gasteiger partial charge in [-0.25, -0.2) is 0 Å². The Kier molecular flexibility index (Phi) is 28.9. The van der Waals surface area contributed by atoms with Crippen molar-refractivity contribution in [3.8, 4) is 0 Å². The Morgan fingerprint density at radius 1 is 0.481 bits per heavy atom. The lowest BCUT2D eigenvalue weighted by atomic mass is 10.2. The van der Waals surface area contributed by atoms with Gasteiger partial charge in [0, 0.05) is 0 Å². The van der Waals surface area contributed by atoms with Crippen LogP contribution >= 0.6 is 0 Å². The van der Waals surface area contributed by atoms with Crippen LogP contribution in [0.15, 0.2) is 137 Å². The van der Waals surface area contributed by atoms with E-state index in [9.17, 15) is 0 Å². The zero-order chi connectivity index (χ0) is 21.2. The standard InChI is InChI=1S/2C8H8.2C4H6.C3H6/c2*1-2-8-6-4-3-5-7-8;2*1-3-4-2;1-3-2/h2*2-7H,1H2;2*3-4H,1-2H2;3H,1H2,2H3. The van der Waals surface area contributed by atoms with Gasteiger partial charge in [-0.05, 0) is 18.1 Å². The summed E-state index contributed by atoms with van der Waals surface area (Å²) in [6.45, 7) is 26.0. The molecule has 0 atom stereocenters. The molecule has 0 radical (unpaired) electrons. The van der Waals surface area contributed by atoms with Crippen molar-refractivity contribution in [3.63, 3.8) is 0 Å². The van der Waals surface area contributed by atoms with E-state index < -0.39 is 0 Å². The van der Waals surface area contributed by atoms with E-state index in [4.69, 9.17) is 0 Å². The fraction of sp³-hybridized carbons (Fsp3) is 0.0370. The van der Waals surface area contributed by atoms with E-state index in [2.05, 4.69) is 46.1 Å². The summed E-state index contributed by atoms with van der Waals surface area (Å²) in [4.78, 5) is 0. The lowest BCUT2D eigenvalue weighted by Gasteiger charge is -1.85. The van der Waals surface area contributed by atoms with Crippen molar-refractivity contribution < 1.29 is 0 Å². The van der Waals surface area contributed by atoms with Crippen LogP contribution in [0.1, 0.15) is 18.1 Å². The smallest absolute Gasteiger partial charge is 0.0263 e. The van der Waals surface area contributed by atoms with Gasteiger partial charge in [0.1, 0.15) is 0 Å². The van der Waals surface area contributed by atoms with Crippen molar-refractivity contribution in [2.24, 2.45) is 0 Å². The SMILES string of the molecule is C=CC.C=CC=C.C=CC=C.C=Cc1ccccc1.C=Cc1ccccc1. The molecular weight excluding hydrogens is 324 g/mol. The van der Waals surface area contributed by atoms with E-state index >= 15 is 0 Å². The highest BCUT2D eigenvalue weighted by Gasteiger charge is 1.76. The van der Waals surface area contributed by atoms with E-state index in [1.165, 1.54) is 11.1 Å². The van der Waals surface area contributed by atoms with Crippen LogP contribution < -0.4 is 0 Å². The Morgan fingerprint density at radius 3 is 0.815 bits per heavy atom. The maximum absolute atomic E-state index is 3.63. The van der Waals surface area contributed by atoms with Crippen molar-refractivity contribution >= 4 is 12.2 Å². The summed E-state index contributed by atoms with van der Waals surface area (Å²) in [7, 11) is 0. The topological polar surface area (TPSA) is 0 Å². The number of hydrogen-bond donors (Lipinski definition) is 0. The molecule has 0 aliphatic carbocycles. The number of allylic oxidation sites excluding steroid dienone is 5. The maximum Gasteiger partial charge on any atom is -0.0263 e. The molecule has 0 aromatic heterocycles. The third kappa shape index (κ3) is 27.7. The molecule has 0 heteroatoms. The van der Waals surface area contributed by atoms with Crippen molar-refractivity contribution in [2.75, 3.05) is 0 Å². The zero-order valence-corrected chi connectivity index (χ0v) is 16.8. The van der Waals surface area contributed by atoms with Crippen LogP contribution in [0, 0.1) is 0 Å². The molecule has 0 saturated carbocycles. The molecule has 0 unspecified atom stereocenters. The molecule has 0 heterocycles. The lowest BCUT2D eigenvalue weighted by molar-refractivity contribution is 1.67. The van der Waals surface area contributed by atoms with Crippen LogP contribution in [0.3, 0.4) is 0 Å². The minimum atomic E-state index is 1.17. The van der Waals surface area contributed by atoms with Crippen LogP contribution in [0.5, 0.6) is 0 Å². The lowest BCUT2D eigenvalue weighted by Crippen LogP contribution is -1.63. The highest BCUT2D eigenvalue weighted by atomic mass is 13.8. The average Bonchev–Trinajstić information content (AvgIpc) is 2.76. The normalized spacial score (nSPS) is 7.00. The van der Waals surface area contributed by atoms with E-state index in [1.54, 1.807) is 30.4 Å². The Hall–Kier alpha value is -3.38. The minimum absolute atomic E-state index is 1.17. The first-order valence-electron chi connectivity index (χ1n) is 8.50. The molecule has 0 N–H and O–H groups in total. The summed E-state index contributed by atoms with van der Waals surface area (Å²) < 4.78 is 0. The highest BCUT2D eigenvalue weighted by molar-refractivity contribution is 5.46. The predicted molar refractivity (Wildman–Crippen MR) is 130 cm³/mol. The summed E-state index contributed by atoms with van der Waals surface area (Å²) in [5.41, 5.74) is 2.35. The van der Waals surface area contributed by atoms with Gasteiger partial charge >= 0.3 is 0 Å². The predicted octanol–water partition coefficient (Wildman–Crippen LogP) is 8.57. The number of benzene rings is 2. The van der Waals surface area contributed by atoms with Crippen LogP contribution in [0.25, 0.3) is 12.2 Å². The minimum Gasteiger partial charge on any atom is -0.103 e. The van der Waals surface area contributed by atoms with Crippen molar-refractivity contribution in [1.82, 2.24) is 0 Å². The quantitative estimate of drug-likeness (QED) is 0.379. The highest BCUT2D eigenvalue weighted by Crippen LogP contribution is 1.98. The number of hydrogen-bond acceptors (Lipinski definition) is 0. The van der Waals surface area contributed by atoms with Gasteiger partial charge in [-0.15, -0.1) is 6.58 Å². The first kappa shape index (κ1) is 28.4. The Bertz CT molecular complexity index is 548. The third-order valence-electron chi connectivity index (χ3n) is 2.40. The molecule has 0 aliphatic rings. The molecule has 0 bridgehead atoms. The monoisotopic (exact) mass is 358 g/mol. The molecule has 2 aromatic carbocycles. The Balaban J connectivity index is -0.000000285. The summed E-state index contributed by atoms with van der Waals surface area (Å²) in [6.07, 6.45) is 12.0. The van der Waals surface area contributed by atoms with Gasteiger partial charge < -0.3 is 0 Å². The van der Waals surface area contributed by atoms with Gasteiger partial charge in [0.05, 0.1) is 0 Å². The molecule has 142 valence electrons. The summed E-state index contributed by atoms with van der Waals surface area (Å²) in [5, 5.41) is 0. The fourth-order valence-electron chi connectivity index (χ4n) is 1.18. The first-order valence-corrected chi connectivity index (χ1v) is 8.50. The first-order chi connectivity index (χ1) is 13.1. The zero-order valence-electron chi connectivity index (χ0n) is 16.8. The molecule has 2 aromatic rings. The van der Waals surface area contributed by atoms with Crippen LogP contribution in [0.4, 0.5) is 0 Å². The van der Waals surface area contributed by atoms with E-state index in [1.807, 2.05) is 79.7 Å². The molecule has 0 fully saturated rings. The molecule has 0 amide bonds. The fourth-order valence-corrected chi connectivity index (χ4v) is 1.18. The second-order valence-corrected chi connectivity index (χ2v) is 4.58. The van der Waals surface area contributed by atoms with Crippen molar-refractivity contribution in [1.29, 1.82) is 0 Å². The van der Waals surface area contributed by atoms with Gasteiger partial charge in [-0.3, -0.25) is 0 Å². The average molecular weight is 359 g/mol. The molecule has 0 spiro atoms. The summed E-state index contributed by atoms with van der Waals surface area (Å²) in [6, 6.07) is 20.1. The largest absolute Gasteiger partial charge is 0.103 e. The second-order valence-electron chi connectivity index (χ2n) is 4.58. The molecule has 0 aliphatic heterocycles. The van der Waals surface area contributed by atoms with Crippen molar-refractivity contribution in [2.45, 2.75) is 6.92 Å². The summed E-state index contributed by atoms with van der Waals surface area (Å²) >= 11 is 0. The Labute approximate surface area is 167 Å². The van der Waals surface area contributed by atoms with Crippen LogP contribution in [0.2, 0.25) is 0 Å². The third-order valence-corrected chi connectivity index (χ3v) is 2.40. The van der Waals surface area contributed by atoms with Gasteiger partial charge in [-0.2, -0.15) is 0 Å². The Morgan fingerprint density at radius 2 is 0.704 bits per heavy atom. The molecular formula is C27H34. The second kappa shape index (κ2) is 27.5. The van der Waals surface area contributed by atoms with Gasteiger partial charge in [0.25, 0.3) is 0 Å². The van der Waals surface area contributed by atoms with Crippen molar-refractivity contribution in [3.05, 3.63) is 148 Å². The number of rotatable bonds is 4. The van der Waals surface area contributed by atoms with E-state index in [0.29, 0.717) is 0 Å². The molecule has 2 rings (SSSR count). The van der Waals surface area contributed by atoms with Gasteiger partial charge in [0.15, 0.2) is 0 Å². The van der Waals surface area contributed by atoms with Gasteiger partial charge in [-0.1, -0.05) is 143 Å². The van der Waals surface area contributed by atoms with Crippen LogP contribution in [-0.4, -0.2) is 0 Å². The van der Waals surface area contributed by atoms with Gasteiger partial charge in [0.2, 0.25) is 0 Å². The van der Waals surface area contributed by atoms with E-state index in [-0.39, 0.29) is 0 Å². The molecule has 0 nitrogen and oxygen atoms in total. The van der Waals surface area contributed by atoms with E-state index in [0.717, 1.165) is 0 Å². The maximum atomic E-state index is 3.63. The molecule has 27 heavy (non-hydrogen) atoms. The van der Waals surface area contributed by atoms with Crippen LogP contribution in [-0.2, 0) is 0 Å².